The van der Waals surface area contributed by atoms with Gasteiger partial charge in [-0.05, 0) is 43.5 Å². The Balaban J connectivity index is 2.15. The normalized spacial score (nSPS) is 19.7. The van der Waals surface area contributed by atoms with Crippen molar-refractivity contribution in [2.45, 2.75) is 19.8 Å². The average molecular weight is 247 g/mol. The minimum atomic E-state index is 0.0979. The highest BCUT2D eigenvalue weighted by atomic mass is 16.1. The van der Waals surface area contributed by atoms with Gasteiger partial charge in [0.2, 0.25) is 5.91 Å². The molecule has 1 saturated heterocycles. The summed E-state index contributed by atoms with van der Waals surface area (Å²) in [6.07, 6.45) is 2.03. The lowest BCUT2D eigenvalue weighted by Crippen LogP contribution is -2.42. The van der Waals surface area contributed by atoms with Gasteiger partial charge in [-0.3, -0.25) is 4.79 Å². The molecule has 18 heavy (non-hydrogen) atoms. The van der Waals surface area contributed by atoms with Crippen LogP contribution >= 0.6 is 0 Å². The van der Waals surface area contributed by atoms with Crippen molar-refractivity contribution in [1.29, 1.82) is 0 Å². The molecule has 1 atom stereocenters. The Morgan fingerprint density at radius 2 is 2.28 bits per heavy atom. The lowest BCUT2D eigenvalue weighted by Gasteiger charge is -2.34. The number of amides is 1. The smallest absolute Gasteiger partial charge is 0.224 e. The lowest BCUT2D eigenvalue weighted by atomic mass is 9.96. The zero-order valence-electron chi connectivity index (χ0n) is 11.1. The average Bonchev–Trinajstić information content (AvgIpc) is 2.38. The minimum absolute atomic E-state index is 0.0979. The number of carbonyl (C=O) groups is 1. The van der Waals surface area contributed by atoms with Gasteiger partial charge in [-0.1, -0.05) is 0 Å². The zero-order chi connectivity index (χ0) is 13.1. The van der Waals surface area contributed by atoms with E-state index in [0.29, 0.717) is 0 Å². The van der Waals surface area contributed by atoms with Gasteiger partial charge in [0.1, 0.15) is 0 Å². The first-order valence-electron chi connectivity index (χ1n) is 6.44. The third-order valence-corrected chi connectivity index (χ3v) is 3.60. The van der Waals surface area contributed by atoms with Crippen molar-refractivity contribution in [3.63, 3.8) is 0 Å². The fourth-order valence-electron chi connectivity index (χ4n) is 2.65. The first-order valence-corrected chi connectivity index (χ1v) is 6.44. The summed E-state index contributed by atoms with van der Waals surface area (Å²) in [6.45, 7) is 3.87. The first kappa shape index (κ1) is 12.7. The molecule has 0 aromatic heterocycles. The van der Waals surface area contributed by atoms with Crippen molar-refractivity contribution < 1.29 is 4.79 Å². The van der Waals surface area contributed by atoms with Crippen LogP contribution in [0.25, 0.3) is 0 Å². The zero-order valence-corrected chi connectivity index (χ0v) is 11.1. The minimum Gasteiger partial charge on any atom is -0.399 e. The Morgan fingerprint density at radius 1 is 1.50 bits per heavy atom. The molecule has 2 rings (SSSR count). The van der Waals surface area contributed by atoms with Crippen molar-refractivity contribution in [2.24, 2.45) is 5.92 Å². The second-order valence-electron chi connectivity index (χ2n) is 4.95. The summed E-state index contributed by atoms with van der Waals surface area (Å²) in [7, 11) is 1.70. The number of nitrogens with one attached hydrogen (secondary N) is 1. The van der Waals surface area contributed by atoms with Crippen LogP contribution in [0.2, 0.25) is 0 Å². The summed E-state index contributed by atoms with van der Waals surface area (Å²) in [6, 6.07) is 5.96. The highest BCUT2D eigenvalue weighted by Crippen LogP contribution is 2.27. The van der Waals surface area contributed by atoms with E-state index in [1.165, 1.54) is 11.3 Å². The van der Waals surface area contributed by atoms with E-state index in [2.05, 4.69) is 23.2 Å². The summed E-state index contributed by atoms with van der Waals surface area (Å²) < 4.78 is 0. The van der Waals surface area contributed by atoms with Crippen LogP contribution in [0.15, 0.2) is 18.2 Å². The quantitative estimate of drug-likeness (QED) is 0.779. The van der Waals surface area contributed by atoms with Gasteiger partial charge in [-0.2, -0.15) is 0 Å². The van der Waals surface area contributed by atoms with E-state index in [1.807, 2.05) is 12.1 Å². The Morgan fingerprint density at radius 3 is 2.94 bits per heavy atom. The number of aryl methyl sites for hydroxylation is 1. The van der Waals surface area contributed by atoms with Crippen LogP contribution in [0.4, 0.5) is 11.4 Å². The SMILES string of the molecule is CNC(=O)C1CCCN(c2ccc(N)cc2C)C1. The summed E-state index contributed by atoms with van der Waals surface area (Å²) in [5.74, 6) is 0.244. The Labute approximate surface area is 108 Å². The maximum absolute atomic E-state index is 11.7. The highest BCUT2D eigenvalue weighted by Gasteiger charge is 2.25. The number of carbonyl (C=O) groups excluding carboxylic acids is 1. The fourth-order valence-corrected chi connectivity index (χ4v) is 2.65. The Bertz CT molecular complexity index is 445. The van der Waals surface area contributed by atoms with Gasteiger partial charge in [0, 0.05) is 31.5 Å². The molecule has 4 nitrogen and oxygen atoms in total. The van der Waals surface area contributed by atoms with Gasteiger partial charge in [-0.25, -0.2) is 0 Å². The van der Waals surface area contributed by atoms with Crippen LogP contribution in [-0.2, 0) is 4.79 Å². The van der Waals surface area contributed by atoms with Crippen LogP contribution in [0.3, 0.4) is 0 Å². The van der Waals surface area contributed by atoms with Gasteiger partial charge in [-0.15, -0.1) is 0 Å². The van der Waals surface area contributed by atoms with E-state index in [0.717, 1.165) is 31.6 Å². The highest BCUT2D eigenvalue weighted by molar-refractivity contribution is 5.79. The number of benzene rings is 1. The van der Waals surface area contributed by atoms with Crippen molar-refractivity contribution >= 4 is 17.3 Å². The van der Waals surface area contributed by atoms with Crippen molar-refractivity contribution in [3.05, 3.63) is 23.8 Å². The molecule has 1 aromatic rings. The molecule has 0 saturated carbocycles. The van der Waals surface area contributed by atoms with E-state index in [1.54, 1.807) is 7.05 Å². The predicted molar refractivity (Wildman–Crippen MR) is 74.6 cm³/mol. The van der Waals surface area contributed by atoms with Gasteiger partial charge in [0.15, 0.2) is 0 Å². The van der Waals surface area contributed by atoms with E-state index in [4.69, 9.17) is 5.73 Å². The molecular weight excluding hydrogens is 226 g/mol. The molecule has 4 heteroatoms. The van der Waals surface area contributed by atoms with Crippen LogP contribution in [-0.4, -0.2) is 26.0 Å². The van der Waals surface area contributed by atoms with Crippen LogP contribution in [0.5, 0.6) is 0 Å². The number of nitrogens with two attached hydrogens (primary N) is 1. The van der Waals surface area contributed by atoms with Crippen LogP contribution in [0.1, 0.15) is 18.4 Å². The molecule has 3 N–H and O–H groups in total. The number of nitrogen functional groups attached to an aromatic ring is 1. The third-order valence-electron chi connectivity index (χ3n) is 3.60. The summed E-state index contributed by atoms with van der Waals surface area (Å²) >= 11 is 0. The molecule has 1 fully saturated rings. The van der Waals surface area contributed by atoms with Gasteiger partial charge < -0.3 is 16.0 Å². The first-order chi connectivity index (χ1) is 8.61. The molecular formula is C14H21N3O. The molecule has 1 aromatic carbocycles. The largest absolute Gasteiger partial charge is 0.399 e. The number of nitrogens with zero attached hydrogens (tertiary/aromatic N) is 1. The molecule has 0 bridgehead atoms. The number of hydrogen-bond donors (Lipinski definition) is 2. The summed E-state index contributed by atoms with van der Waals surface area (Å²) in [5, 5.41) is 2.74. The molecule has 0 spiro atoms. The molecule has 0 radical (unpaired) electrons. The van der Waals surface area contributed by atoms with Crippen molar-refractivity contribution in [3.8, 4) is 0 Å². The standard InChI is InChI=1S/C14H21N3O/c1-10-8-12(15)5-6-13(10)17-7-3-4-11(9-17)14(18)16-2/h5-6,8,11H,3-4,7,9,15H2,1-2H3,(H,16,18). The fraction of sp³-hybridized carbons (Fsp3) is 0.500. The monoisotopic (exact) mass is 247 g/mol. The van der Waals surface area contributed by atoms with E-state index < -0.39 is 0 Å². The molecule has 1 unspecified atom stereocenters. The Kier molecular flexibility index (Phi) is 3.75. The maximum Gasteiger partial charge on any atom is 0.224 e. The topological polar surface area (TPSA) is 58.4 Å². The van der Waals surface area contributed by atoms with E-state index in [-0.39, 0.29) is 11.8 Å². The molecule has 0 aliphatic carbocycles. The lowest BCUT2D eigenvalue weighted by molar-refractivity contribution is -0.124. The molecule has 98 valence electrons. The van der Waals surface area contributed by atoms with Crippen LogP contribution < -0.4 is 16.0 Å². The second-order valence-corrected chi connectivity index (χ2v) is 4.95. The third kappa shape index (κ3) is 2.58. The molecule has 1 aliphatic rings. The number of anilines is 2. The molecule has 1 aliphatic heterocycles. The number of piperidine rings is 1. The van der Waals surface area contributed by atoms with E-state index >= 15 is 0 Å². The molecule has 1 heterocycles. The van der Waals surface area contributed by atoms with Gasteiger partial charge >= 0.3 is 0 Å². The van der Waals surface area contributed by atoms with Crippen molar-refractivity contribution in [1.82, 2.24) is 5.32 Å². The summed E-state index contributed by atoms with van der Waals surface area (Å²) in [4.78, 5) is 14.0. The number of rotatable bonds is 2. The van der Waals surface area contributed by atoms with Crippen LogP contribution in [0, 0.1) is 12.8 Å². The predicted octanol–water partition coefficient (Wildman–Crippen LogP) is 1.54. The Hall–Kier alpha value is -1.71. The molecule has 1 amide bonds. The van der Waals surface area contributed by atoms with Crippen molar-refractivity contribution in [2.75, 3.05) is 30.8 Å². The summed E-state index contributed by atoms with van der Waals surface area (Å²) in [5.41, 5.74) is 8.93. The van der Waals surface area contributed by atoms with Gasteiger partial charge in [0.25, 0.3) is 0 Å². The maximum atomic E-state index is 11.7. The van der Waals surface area contributed by atoms with E-state index in [9.17, 15) is 4.79 Å². The second kappa shape index (κ2) is 5.29. The number of hydrogen-bond acceptors (Lipinski definition) is 3. The van der Waals surface area contributed by atoms with Gasteiger partial charge in [0.05, 0.1) is 5.92 Å².